The summed E-state index contributed by atoms with van der Waals surface area (Å²) in [5, 5.41) is 21.0. The molecule has 168 valence electrons. The maximum absolute atomic E-state index is 12.2. The molecule has 4 aliphatic rings. The van der Waals surface area contributed by atoms with Crippen molar-refractivity contribution in [2.45, 2.75) is 76.4 Å². The first-order valence-electron chi connectivity index (χ1n) is 12.2. The molecule has 3 aliphatic carbocycles. The van der Waals surface area contributed by atoms with Crippen LogP contribution in [-0.2, 0) is 9.53 Å². The van der Waals surface area contributed by atoms with Crippen LogP contribution in [0.4, 0.5) is 0 Å². The highest BCUT2D eigenvalue weighted by Crippen LogP contribution is 2.50. The van der Waals surface area contributed by atoms with Crippen LogP contribution in [0.1, 0.15) is 64.2 Å². The maximum atomic E-state index is 12.2. The largest absolute Gasteiger partial charge is 0.392 e. The lowest BCUT2D eigenvalue weighted by molar-refractivity contribution is -0.135. The van der Waals surface area contributed by atoms with Gasteiger partial charge in [-0.1, -0.05) is 36.6 Å². The van der Waals surface area contributed by atoms with Crippen LogP contribution in [0.2, 0.25) is 0 Å². The van der Waals surface area contributed by atoms with Crippen LogP contribution in [0.15, 0.2) is 23.8 Å². The molecule has 4 rings (SSSR count). The fraction of sp³-hybridized carbons (Fsp3) is 0.800. The summed E-state index contributed by atoms with van der Waals surface area (Å²) in [7, 11) is 0. The molecule has 5 heteroatoms. The Kier molecular flexibility index (Phi) is 7.66. The molecule has 1 amide bonds. The molecule has 0 unspecified atom stereocenters. The molecule has 2 N–H and O–H groups in total. The van der Waals surface area contributed by atoms with E-state index in [9.17, 15) is 15.0 Å². The predicted molar refractivity (Wildman–Crippen MR) is 117 cm³/mol. The third-order valence-electron chi connectivity index (χ3n) is 7.92. The van der Waals surface area contributed by atoms with Gasteiger partial charge in [0.25, 0.3) is 0 Å². The molecule has 0 bridgehead atoms. The molecule has 1 saturated heterocycles. The number of morpholine rings is 1. The minimum absolute atomic E-state index is 0.180. The Morgan fingerprint density at radius 3 is 2.73 bits per heavy atom. The van der Waals surface area contributed by atoms with Crippen molar-refractivity contribution in [3.63, 3.8) is 0 Å². The zero-order chi connectivity index (χ0) is 20.9. The van der Waals surface area contributed by atoms with Crippen LogP contribution in [0, 0.1) is 23.7 Å². The van der Waals surface area contributed by atoms with Gasteiger partial charge < -0.3 is 19.8 Å². The summed E-state index contributed by atoms with van der Waals surface area (Å²) in [5.41, 5.74) is 1.51. The zero-order valence-electron chi connectivity index (χ0n) is 18.3. The molecule has 0 radical (unpaired) electrons. The number of allylic oxidation sites excluding steroid dienone is 2. The van der Waals surface area contributed by atoms with Crippen molar-refractivity contribution in [1.29, 1.82) is 0 Å². The number of amides is 1. The summed E-state index contributed by atoms with van der Waals surface area (Å²) >= 11 is 0. The van der Waals surface area contributed by atoms with Crippen molar-refractivity contribution in [3.8, 4) is 0 Å². The molecule has 1 aliphatic heterocycles. The van der Waals surface area contributed by atoms with Gasteiger partial charge in [-0.25, -0.2) is 0 Å². The second-order valence-corrected chi connectivity index (χ2v) is 9.88. The minimum Gasteiger partial charge on any atom is -0.392 e. The number of aliphatic hydroxyl groups excluding tert-OH is 2. The molecule has 4 fully saturated rings. The average Bonchev–Trinajstić information content (AvgIpc) is 3.47. The summed E-state index contributed by atoms with van der Waals surface area (Å²) < 4.78 is 5.31. The molecule has 0 aromatic carbocycles. The van der Waals surface area contributed by atoms with E-state index in [1.54, 1.807) is 0 Å². The second-order valence-electron chi connectivity index (χ2n) is 9.88. The Labute approximate surface area is 181 Å². The Bertz CT molecular complexity index is 633. The normalized spacial score (nSPS) is 34.9. The Balaban J connectivity index is 1.22. The number of unbranched alkanes of at least 4 members (excludes halogenated alkanes) is 1. The number of rotatable bonds is 7. The van der Waals surface area contributed by atoms with Gasteiger partial charge in [-0.2, -0.15) is 0 Å². The first-order valence-corrected chi connectivity index (χ1v) is 12.2. The van der Waals surface area contributed by atoms with E-state index in [0.717, 1.165) is 58.0 Å². The van der Waals surface area contributed by atoms with Gasteiger partial charge in [0.1, 0.15) is 0 Å². The fourth-order valence-corrected chi connectivity index (χ4v) is 6.17. The monoisotopic (exact) mass is 417 g/mol. The standard InChI is InChI=1S/C25H39NO4/c27-23(19-6-2-3-7-19)10-9-21-22-16-18(15-20(22)17-24(21)28)5-1-4-8-25(29)26-11-13-30-14-12-26/h5,9-10,19-24,27-28H,1-4,6-8,11-17H2/b10-9+,18-5+/t20-,21+,22-,23+,24+/m0/s1. The van der Waals surface area contributed by atoms with Crippen LogP contribution < -0.4 is 0 Å². The summed E-state index contributed by atoms with van der Waals surface area (Å²) in [5.74, 6) is 1.93. The number of ether oxygens (including phenoxy) is 1. The van der Waals surface area contributed by atoms with Crippen LogP contribution in [0.5, 0.6) is 0 Å². The topological polar surface area (TPSA) is 70.0 Å². The SMILES string of the molecule is O=C(CCC/C=C1\C[C@H]2C[C@@H](O)[C@H](/C=C/[C@@H](O)C3CCCC3)[C@H]2C1)N1CCOCC1. The highest BCUT2D eigenvalue weighted by atomic mass is 16.5. The lowest BCUT2D eigenvalue weighted by Gasteiger charge is -2.26. The van der Waals surface area contributed by atoms with Crippen molar-refractivity contribution in [2.24, 2.45) is 23.7 Å². The number of carbonyl (C=O) groups is 1. The summed E-state index contributed by atoms with van der Waals surface area (Å²) in [4.78, 5) is 14.2. The van der Waals surface area contributed by atoms with E-state index >= 15 is 0 Å². The molecule has 3 saturated carbocycles. The van der Waals surface area contributed by atoms with Crippen molar-refractivity contribution < 1.29 is 19.7 Å². The fourth-order valence-electron chi connectivity index (χ4n) is 6.17. The van der Waals surface area contributed by atoms with E-state index in [4.69, 9.17) is 4.74 Å². The Morgan fingerprint density at radius 1 is 1.20 bits per heavy atom. The Morgan fingerprint density at radius 2 is 1.97 bits per heavy atom. The average molecular weight is 418 g/mol. The summed E-state index contributed by atoms with van der Waals surface area (Å²) in [6.07, 6.45) is 16.1. The Hall–Kier alpha value is -1.17. The van der Waals surface area contributed by atoms with Crippen molar-refractivity contribution in [3.05, 3.63) is 23.8 Å². The number of hydrogen-bond acceptors (Lipinski definition) is 4. The highest BCUT2D eigenvalue weighted by molar-refractivity contribution is 5.76. The second kappa shape index (κ2) is 10.4. The number of fused-ring (bicyclic) bond motifs is 1. The maximum Gasteiger partial charge on any atom is 0.222 e. The van der Waals surface area contributed by atoms with Gasteiger partial charge in [-0.3, -0.25) is 4.79 Å². The molecule has 30 heavy (non-hydrogen) atoms. The molecule has 0 aromatic heterocycles. The third kappa shape index (κ3) is 5.35. The first kappa shape index (κ1) is 22.0. The lowest BCUT2D eigenvalue weighted by Crippen LogP contribution is -2.40. The van der Waals surface area contributed by atoms with E-state index in [1.807, 2.05) is 11.0 Å². The van der Waals surface area contributed by atoms with E-state index in [-0.39, 0.29) is 24.0 Å². The van der Waals surface area contributed by atoms with Crippen molar-refractivity contribution >= 4 is 5.91 Å². The van der Waals surface area contributed by atoms with Crippen LogP contribution >= 0.6 is 0 Å². The van der Waals surface area contributed by atoms with Crippen molar-refractivity contribution in [2.75, 3.05) is 26.3 Å². The van der Waals surface area contributed by atoms with E-state index in [1.165, 1.54) is 18.4 Å². The molecule has 5 atom stereocenters. The number of nitrogens with zero attached hydrogens (tertiary/aromatic N) is 1. The third-order valence-corrected chi connectivity index (χ3v) is 7.92. The quantitative estimate of drug-likeness (QED) is 0.492. The van der Waals surface area contributed by atoms with Gasteiger partial charge >= 0.3 is 0 Å². The molecule has 5 nitrogen and oxygen atoms in total. The summed E-state index contributed by atoms with van der Waals surface area (Å²) in [6.45, 7) is 2.79. The predicted octanol–water partition coefficient (Wildman–Crippen LogP) is 3.46. The lowest BCUT2D eigenvalue weighted by atomic mass is 9.89. The van der Waals surface area contributed by atoms with Crippen LogP contribution in [0.25, 0.3) is 0 Å². The zero-order valence-corrected chi connectivity index (χ0v) is 18.3. The van der Waals surface area contributed by atoms with Crippen LogP contribution in [0.3, 0.4) is 0 Å². The van der Waals surface area contributed by atoms with Gasteiger partial charge in [0.15, 0.2) is 0 Å². The van der Waals surface area contributed by atoms with E-state index in [0.29, 0.717) is 37.4 Å². The van der Waals surface area contributed by atoms with Gasteiger partial charge in [-0.05, 0) is 62.7 Å². The minimum atomic E-state index is -0.348. The van der Waals surface area contributed by atoms with Crippen LogP contribution in [-0.4, -0.2) is 59.5 Å². The van der Waals surface area contributed by atoms with E-state index < -0.39 is 0 Å². The molecular formula is C25H39NO4. The van der Waals surface area contributed by atoms with E-state index in [2.05, 4.69) is 12.2 Å². The number of hydrogen-bond donors (Lipinski definition) is 2. The summed E-state index contributed by atoms with van der Waals surface area (Å²) in [6, 6.07) is 0. The molecule has 0 spiro atoms. The van der Waals surface area contributed by atoms with Gasteiger partial charge in [0.2, 0.25) is 5.91 Å². The highest BCUT2D eigenvalue weighted by Gasteiger charge is 2.45. The van der Waals surface area contributed by atoms with Gasteiger partial charge in [0.05, 0.1) is 25.4 Å². The van der Waals surface area contributed by atoms with Gasteiger partial charge in [0, 0.05) is 25.4 Å². The smallest absolute Gasteiger partial charge is 0.222 e. The molecule has 1 heterocycles. The number of aliphatic hydroxyl groups is 2. The number of carbonyl (C=O) groups excluding carboxylic acids is 1. The first-order chi connectivity index (χ1) is 14.6. The molecule has 0 aromatic rings. The van der Waals surface area contributed by atoms with Gasteiger partial charge in [-0.15, -0.1) is 0 Å². The molecular weight excluding hydrogens is 378 g/mol. The van der Waals surface area contributed by atoms with Crippen molar-refractivity contribution in [1.82, 2.24) is 4.90 Å².